The Balaban J connectivity index is 1.62. The van der Waals surface area contributed by atoms with Crippen LogP contribution in [0.25, 0.3) is 0 Å². The summed E-state index contributed by atoms with van der Waals surface area (Å²) in [6, 6.07) is 2.68. The molecule has 0 saturated carbocycles. The zero-order chi connectivity index (χ0) is 13.8. The molecule has 3 heterocycles. The van der Waals surface area contributed by atoms with E-state index >= 15 is 0 Å². The summed E-state index contributed by atoms with van der Waals surface area (Å²) < 4.78 is 5.52. The number of morpholine rings is 1. The fourth-order valence-corrected chi connectivity index (χ4v) is 5.35. The summed E-state index contributed by atoms with van der Waals surface area (Å²) >= 11 is 3.89. The van der Waals surface area contributed by atoms with Gasteiger partial charge in [-0.25, -0.2) is 0 Å². The van der Waals surface area contributed by atoms with Gasteiger partial charge in [0.05, 0.1) is 13.2 Å². The molecule has 2 aliphatic rings. The molecule has 0 bridgehead atoms. The van der Waals surface area contributed by atoms with Crippen LogP contribution in [-0.2, 0) is 4.74 Å². The lowest BCUT2D eigenvalue weighted by Crippen LogP contribution is -2.58. The average molecular weight is 313 g/mol. The predicted octanol–water partition coefficient (Wildman–Crippen LogP) is 2.61. The summed E-state index contributed by atoms with van der Waals surface area (Å²) in [6.45, 7) is 7.34. The second-order valence-electron chi connectivity index (χ2n) is 5.79. The first-order valence-corrected chi connectivity index (χ1v) is 9.56. The normalized spacial score (nSPS) is 29.6. The van der Waals surface area contributed by atoms with E-state index in [4.69, 9.17) is 4.74 Å². The minimum absolute atomic E-state index is 0.346. The monoisotopic (exact) mass is 312 g/mol. The van der Waals surface area contributed by atoms with Crippen molar-refractivity contribution in [3.63, 3.8) is 0 Å². The van der Waals surface area contributed by atoms with Gasteiger partial charge in [0, 0.05) is 37.0 Å². The number of hydrogen-bond acceptors (Lipinski definition) is 5. The van der Waals surface area contributed by atoms with E-state index in [-0.39, 0.29) is 0 Å². The second kappa shape index (κ2) is 6.79. The Morgan fingerprint density at radius 3 is 2.95 bits per heavy atom. The third-order valence-corrected chi connectivity index (χ3v) is 6.48. The molecule has 112 valence electrons. The molecule has 0 aromatic carbocycles. The van der Waals surface area contributed by atoms with Gasteiger partial charge in [-0.3, -0.25) is 4.90 Å². The number of nitrogens with zero attached hydrogens (tertiary/aromatic N) is 1. The number of ether oxygens (including phenoxy) is 1. The smallest absolute Gasteiger partial charge is 0.0594 e. The third-order valence-electron chi connectivity index (χ3n) is 4.54. The average Bonchev–Trinajstić information content (AvgIpc) is 3.18. The molecule has 3 rings (SSSR count). The topological polar surface area (TPSA) is 24.5 Å². The summed E-state index contributed by atoms with van der Waals surface area (Å²) in [6.07, 6.45) is 1.31. The first-order chi connectivity index (χ1) is 9.80. The van der Waals surface area contributed by atoms with E-state index in [1.54, 1.807) is 11.3 Å². The van der Waals surface area contributed by atoms with Crippen LogP contribution in [-0.4, -0.2) is 54.8 Å². The van der Waals surface area contributed by atoms with Gasteiger partial charge in [0.1, 0.15) is 0 Å². The van der Waals surface area contributed by atoms with Crippen molar-refractivity contribution in [3.8, 4) is 0 Å². The molecule has 0 spiro atoms. The van der Waals surface area contributed by atoms with Gasteiger partial charge in [-0.15, -0.1) is 0 Å². The van der Waals surface area contributed by atoms with Gasteiger partial charge in [-0.2, -0.15) is 23.1 Å². The highest BCUT2D eigenvalue weighted by molar-refractivity contribution is 7.99. The van der Waals surface area contributed by atoms with Gasteiger partial charge in [-0.1, -0.05) is 0 Å². The number of thiophene rings is 1. The van der Waals surface area contributed by atoms with E-state index in [0.717, 1.165) is 32.8 Å². The van der Waals surface area contributed by atoms with Crippen LogP contribution in [0.2, 0.25) is 0 Å². The van der Waals surface area contributed by atoms with E-state index in [1.807, 2.05) is 0 Å². The largest absolute Gasteiger partial charge is 0.379 e. The summed E-state index contributed by atoms with van der Waals surface area (Å²) in [4.78, 5) is 2.67. The minimum atomic E-state index is 0.346. The molecule has 2 fully saturated rings. The summed E-state index contributed by atoms with van der Waals surface area (Å²) in [5.41, 5.74) is 1.76. The molecule has 3 nitrogen and oxygen atoms in total. The van der Waals surface area contributed by atoms with Gasteiger partial charge in [0.15, 0.2) is 0 Å². The van der Waals surface area contributed by atoms with Gasteiger partial charge in [0.25, 0.3) is 0 Å². The molecule has 1 N–H and O–H groups in total. The Morgan fingerprint density at radius 2 is 2.30 bits per heavy atom. The van der Waals surface area contributed by atoms with Crippen molar-refractivity contribution in [2.45, 2.75) is 24.9 Å². The highest BCUT2D eigenvalue weighted by atomic mass is 32.2. The van der Waals surface area contributed by atoms with Crippen molar-refractivity contribution >= 4 is 23.1 Å². The molecule has 0 aliphatic carbocycles. The Labute approximate surface area is 130 Å². The zero-order valence-corrected chi connectivity index (χ0v) is 13.8. The van der Waals surface area contributed by atoms with E-state index in [1.165, 1.54) is 23.5 Å². The highest BCUT2D eigenvalue weighted by Crippen LogP contribution is 2.34. The number of rotatable bonds is 5. The molecule has 2 atom stereocenters. The van der Waals surface area contributed by atoms with Crippen LogP contribution in [0.5, 0.6) is 0 Å². The zero-order valence-electron chi connectivity index (χ0n) is 12.1. The van der Waals surface area contributed by atoms with Crippen molar-refractivity contribution in [2.75, 3.05) is 44.4 Å². The van der Waals surface area contributed by atoms with Gasteiger partial charge in [-0.05, 0) is 41.5 Å². The van der Waals surface area contributed by atoms with E-state index in [9.17, 15) is 0 Å². The Bertz CT molecular complexity index is 398. The molecule has 0 radical (unpaired) electrons. The maximum Gasteiger partial charge on any atom is 0.0594 e. The summed E-state index contributed by atoms with van der Waals surface area (Å²) in [7, 11) is 0. The Morgan fingerprint density at radius 1 is 1.45 bits per heavy atom. The van der Waals surface area contributed by atoms with Crippen LogP contribution in [0, 0.1) is 0 Å². The van der Waals surface area contributed by atoms with Crippen LogP contribution in [0.4, 0.5) is 0 Å². The van der Waals surface area contributed by atoms with Gasteiger partial charge >= 0.3 is 0 Å². The van der Waals surface area contributed by atoms with Crippen LogP contribution in [0.1, 0.15) is 24.9 Å². The fraction of sp³-hybridized carbons (Fsp3) is 0.733. The van der Waals surface area contributed by atoms with Crippen LogP contribution < -0.4 is 5.32 Å². The molecule has 0 unspecified atom stereocenters. The number of nitrogens with one attached hydrogen (secondary N) is 1. The number of thioether (sulfide) groups is 1. The molecule has 2 aliphatic heterocycles. The van der Waals surface area contributed by atoms with Crippen molar-refractivity contribution < 1.29 is 4.74 Å². The molecule has 0 amide bonds. The van der Waals surface area contributed by atoms with Crippen molar-refractivity contribution in [3.05, 3.63) is 22.4 Å². The predicted molar refractivity (Wildman–Crippen MR) is 87.8 cm³/mol. The minimum Gasteiger partial charge on any atom is -0.379 e. The van der Waals surface area contributed by atoms with E-state index in [0.29, 0.717) is 11.6 Å². The first kappa shape index (κ1) is 14.9. The van der Waals surface area contributed by atoms with E-state index in [2.05, 4.69) is 45.7 Å². The fourth-order valence-electron chi connectivity index (χ4n) is 3.12. The van der Waals surface area contributed by atoms with Crippen LogP contribution >= 0.6 is 23.1 Å². The van der Waals surface area contributed by atoms with Gasteiger partial charge < -0.3 is 10.1 Å². The molecular weight excluding hydrogens is 288 g/mol. The van der Waals surface area contributed by atoms with Crippen LogP contribution in [0.15, 0.2) is 16.8 Å². The van der Waals surface area contributed by atoms with Crippen molar-refractivity contribution in [1.82, 2.24) is 10.2 Å². The quantitative estimate of drug-likeness (QED) is 0.903. The van der Waals surface area contributed by atoms with Crippen molar-refractivity contribution in [2.24, 2.45) is 0 Å². The standard InChI is InChI=1S/C15H24N2OS2/c1-13(14-2-8-19-10-14)16-11-15(3-9-20-12-15)17-4-6-18-7-5-17/h2,8,10,13,16H,3-7,9,11-12H2,1H3/t13-,15+/m0/s1. The Hall–Kier alpha value is -0.0700. The molecule has 20 heavy (non-hydrogen) atoms. The van der Waals surface area contributed by atoms with E-state index < -0.39 is 0 Å². The lowest BCUT2D eigenvalue weighted by atomic mass is 9.95. The highest BCUT2D eigenvalue weighted by Gasteiger charge is 2.40. The molecule has 1 aromatic heterocycles. The summed E-state index contributed by atoms with van der Waals surface area (Å²) in [5, 5.41) is 8.19. The van der Waals surface area contributed by atoms with Crippen molar-refractivity contribution in [1.29, 1.82) is 0 Å². The lowest BCUT2D eigenvalue weighted by Gasteiger charge is -2.43. The lowest BCUT2D eigenvalue weighted by molar-refractivity contribution is -0.0139. The maximum atomic E-state index is 5.52. The molecule has 1 aromatic rings. The van der Waals surface area contributed by atoms with Crippen LogP contribution in [0.3, 0.4) is 0 Å². The molecular formula is C15H24N2OS2. The summed E-state index contributed by atoms with van der Waals surface area (Å²) in [5.74, 6) is 2.56. The number of hydrogen-bond donors (Lipinski definition) is 1. The third kappa shape index (κ3) is 3.22. The first-order valence-electron chi connectivity index (χ1n) is 7.46. The van der Waals surface area contributed by atoms with Gasteiger partial charge in [0.2, 0.25) is 0 Å². The molecule has 5 heteroatoms. The second-order valence-corrected chi connectivity index (χ2v) is 7.67. The molecule has 2 saturated heterocycles. The Kier molecular flexibility index (Phi) is 5.04. The SMILES string of the molecule is C[C@H](NC[C@]1(N2CCOCC2)CCSC1)c1ccsc1. The maximum absolute atomic E-state index is 5.52.